The Morgan fingerprint density at radius 1 is 1.17 bits per heavy atom. The summed E-state index contributed by atoms with van der Waals surface area (Å²) in [5, 5.41) is 3.45. The molecule has 2 aromatic rings. The number of likely N-dealkylation sites (tertiary alicyclic amines) is 1. The van der Waals surface area contributed by atoms with Crippen LogP contribution in [0.4, 0.5) is 13.2 Å². The van der Waals surface area contributed by atoms with E-state index in [1.54, 1.807) is 6.92 Å². The maximum Gasteiger partial charge on any atom is 0.416 e. The van der Waals surface area contributed by atoms with E-state index < -0.39 is 98.7 Å². The van der Waals surface area contributed by atoms with Gasteiger partial charge in [0.25, 0.3) is 0 Å². The zero-order chi connectivity index (χ0) is 42.8. The fourth-order valence-electron chi connectivity index (χ4n) is 3.42. The van der Waals surface area contributed by atoms with Crippen molar-refractivity contribution < 1.29 is 45.4 Å². The van der Waals surface area contributed by atoms with Gasteiger partial charge in [-0.15, -0.1) is 0 Å². The third kappa shape index (κ3) is 6.46. The number of nitrogens with zero attached hydrogens (tertiary/aromatic N) is 2. The number of hydrogen-bond donors (Lipinski definition) is 0. The van der Waals surface area contributed by atoms with E-state index in [-0.39, 0.29) is 30.7 Å². The molecule has 0 radical (unpaired) electrons. The first-order chi connectivity index (χ1) is 24.3. The second-order valence-corrected chi connectivity index (χ2v) is 7.72. The molecular weight excluding hydrogens is 449 g/mol. The molecule has 3 nitrogen and oxygen atoms in total. The molecule has 1 aliphatic carbocycles. The lowest BCUT2D eigenvalue weighted by atomic mass is 9.78. The number of aryl methyl sites for hydroxylation is 1. The van der Waals surface area contributed by atoms with Gasteiger partial charge in [-0.1, -0.05) is 56.0 Å². The van der Waals surface area contributed by atoms with Crippen molar-refractivity contribution in [2.45, 2.75) is 84.2 Å². The summed E-state index contributed by atoms with van der Waals surface area (Å²) in [5.74, 6) is -7.33. The quantitative estimate of drug-likeness (QED) is 0.271. The van der Waals surface area contributed by atoms with Crippen LogP contribution in [0.15, 0.2) is 41.6 Å². The summed E-state index contributed by atoms with van der Waals surface area (Å²) in [4.78, 5) is 5.72. The van der Waals surface area contributed by atoms with Crippen molar-refractivity contribution in [1.82, 2.24) is 4.90 Å². The van der Waals surface area contributed by atoms with Crippen LogP contribution < -0.4 is 0 Å². The summed E-state index contributed by atoms with van der Waals surface area (Å²) in [6.45, 7) is -9.34. The smallest absolute Gasteiger partial charge is 0.391 e. The third-order valence-electron chi connectivity index (χ3n) is 5.27. The van der Waals surface area contributed by atoms with E-state index in [9.17, 15) is 13.2 Å². The summed E-state index contributed by atoms with van der Waals surface area (Å²) in [5.41, 5.74) is -5.07. The van der Waals surface area contributed by atoms with Crippen molar-refractivity contribution in [2.24, 2.45) is 11.0 Å². The van der Waals surface area contributed by atoms with Gasteiger partial charge in [0.05, 0.1) is 14.0 Å². The monoisotopic (exact) mass is 506 g/mol. The molecule has 0 unspecified atom stereocenters. The molecule has 0 bridgehead atoms. The summed E-state index contributed by atoms with van der Waals surface area (Å²) in [7, 11) is 0. The lowest BCUT2D eigenvalue weighted by Crippen LogP contribution is -2.36. The predicted molar refractivity (Wildman–Crippen MR) is 135 cm³/mol. The number of benzene rings is 2. The molecule has 6 heteroatoms. The number of halogens is 3. The van der Waals surface area contributed by atoms with Gasteiger partial charge >= 0.3 is 6.18 Å². The van der Waals surface area contributed by atoms with E-state index in [0.717, 1.165) is 4.90 Å². The first kappa shape index (κ1) is 10.6. The molecule has 0 aromatic heterocycles. The Labute approximate surface area is 235 Å². The van der Waals surface area contributed by atoms with E-state index >= 15 is 0 Å². The van der Waals surface area contributed by atoms with Crippen LogP contribution in [-0.2, 0) is 30.5 Å². The summed E-state index contributed by atoms with van der Waals surface area (Å²) in [6.07, 6.45) is -22.7. The summed E-state index contributed by atoms with van der Waals surface area (Å²) >= 11 is 0. The van der Waals surface area contributed by atoms with Gasteiger partial charge in [0.1, 0.15) is 6.56 Å². The molecule has 4 rings (SSSR count). The second-order valence-electron chi connectivity index (χ2n) is 7.72. The largest absolute Gasteiger partial charge is 0.416 e. The van der Waals surface area contributed by atoms with Gasteiger partial charge in [0, 0.05) is 31.2 Å². The Balaban J connectivity index is 1.81. The van der Waals surface area contributed by atoms with Crippen LogP contribution in [0.2, 0.25) is 0 Å². The number of alkyl halides is 3. The van der Waals surface area contributed by atoms with E-state index in [0.29, 0.717) is 24.1 Å². The minimum Gasteiger partial charge on any atom is -0.391 e. The molecule has 2 fully saturated rings. The third-order valence-corrected chi connectivity index (χ3v) is 5.27. The average molecular weight is 507 g/mol. The molecule has 0 spiro atoms. The predicted octanol–water partition coefficient (Wildman–Crippen LogP) is 7.71. The SMILES string of the molecule is [2H]C1C([2H])([2H])N(Cc2ccc(/C(=N/OC([2H])([2H])c3ccc(C4([2H])C([2H])([2H])C([2H])([2H])C([2H])(C)C([2H])([2H])C4([2H])[2H])c(C(F)(F)F)c3)C([2H])([2H])[2H])cc2CC)C1([2H])[2H]. The lowest BCUT2D eigenvalue weighted by Gasteiger charge is -2.31. The van der Waals surface area contributed by atoms with Crippen LogP contribution in [0.1, 0.15) is 119 Å². The molecule has 2 aromatic carbocycles. The highest BCUT2D eigenvalue weighted by atomic mass is 19.4. The van der Waals surface area contributed by atoms with E-state index in [2.05, 4.69) is 5.16 Å². The Morgan fingerprint density at radius 3 is 2.63 bits per heavy atom. The summed E-state index contributed by atoms with van der Waals surface area (Å²) < 4.78 is 209. The maximum absolute atomic E-state index is 14.7. The van der Waals surface area contributed by atoms with Crippen LogP contribution in [0, 0.1) is 5.89 Å². The van der Waals surface area contributed by atoms with Gasteiger partial charge in [-0.2, -0.15) is 13.2 Å². The Morgan fingerprint density at radius 2 is 1.94 bits per heavy atom. The highest BCUT2D eigenvalue weighted by Crippen LogP contribution is 2.42. The topological polar surface area (TPSA) is 24.8 Å². The van der Waals surface area contributed by atoms with Crippen LogP contribution in [0.5, 0.6) is 0 Å². The first-order valence-electron chi connectivity index (χ1n) is 20.7. The van der Waals surface area contributed by atoms with Crippen molar-refractivity contribution in [2.75, 3.05) is 13.0 Å². The number of hydrogen-bond acceptors (Lipinski definition) is 3. The normalized spacial score (nSPS) is 44.2. The molecule has 0 atom stereocenters. The number of rotatable bonds is 8. The number of oxime groups is 1. The molecule has 1 saturated carbocycles. The molecule has 1 aliphatic heterocycles. The Bertz CT molecular complexity index is 1810. The van der Waals surface area contributed by atoms with Crippen molar-refractivity contribution in [1.29, 1.82) is 0 Å². The highest BCUT2D eigenvalue weighted by molar-refractivity contribution is 5.98. The van der Waals surface area contributed by atoms with E-state index in [1.165, 1.54) is 18.2 Å². The molecule has 1 saturated heterocycles. The van der Waals surface area contributed by atoms with Gasteiger partial charge in [0.2, 0.25) is 0 Å². The van der Waals surface area contributed by atoms with E-state index in [4.69, 9.17) is 32.3 Å². The Hall–Kier alpha value is -2.34. The highest BCUT2D eigenvalue weighted by Gasteiger charge is 2.36. The minimum atomic E-state index is -5.63. The van der Waals surface area contributed by atoms with Gasteiger partial charge in [-0.05, 0) is 97.1 Å². The van der Waals surface area contributed by atoms with Crippen LogP contribution in [0.25, 0.3) is 0 Å². The van der Waals surface area contributed by atoms with Gasteiger partial charge in [-0.25, -0.2) is 0 Å². The van der Waals surface area contributed by atoms with Crippen LogP contribution in [0.3, 0.4) is 0 Å². The fourth-order valence-corrected chi connectivity index (χ4v) is 3.42. The zero-order valence-electron chi connectivity index (χ0n) is 38.9. The van der Waals surface area contributed by atoms with Gasteiger partial charge < -0.3 is 4.84 Å². The van der Waals surface area contributed by atoms with Crippen molar-refractivity contribution >= 4 is 5.71 Å². The van der Waals surface area contributed by atoms with Crippen molar-refractivity contribution in [3.63, 3.8) is 0 Å². The van der Waals surface area contributed by atoms with E-state index in [1.807, 2.05) is 0 Å². The zero-order valence-corrected chi connectivity index (χ0v) is 18.9. The second kappa shape index (κ2) is 11.2. The van der Waals surface area contributed by atoms with Crippen molar-refractivity contribution in [3.05, 3.63) is 69.8 Å². The first-order valence-corrected chi connectivity index (χ1v) is 10.7. The van der Waals surface area contributed by atoms with Gasteiger partial charge in [0.15, 0.2) is 0 Å². The maximum atomic E-state index is 14.7. The van der Waals surface area contributed by atoms with Crippen LogP contribution >= 0.6 is 0 Å². The molecule has 35 heavy (non-hydrogen) atoms. The van der Waals surface area contributed by atoms with Crippen molar-refractivity contribution in [3.8, 4) is 0 Å². The molecule has 190 valence electrons. The molecule has 1 heterocycles. The summed E-state index contributed by atoms with van der Waals surface area (Å²) in [6, 6.07) is 4.60. The molecular formula is C29H37F3N2O. The minimum absolute atomic E-state index is 0.000405. The fraction of sp³-hybridized carbons (Fsp3) is 0.552. The lowest BCUT2D eigenvalue weighted by molar-refractivity contribution is -0.138. The average Bonchev–Trinajstić information content (AvgIpc) is 3.04. The van der Waals surface area contributed by atoms with Gasteiger partial charge in [-0.3, -0.25) is 4.90 Å². The van der Waals surface area contributed by atoms with Crippen LogP contribution in [-0.4, -0.2) is 23.6 Å². The molecule has 0 N–H and O–H groups in total. The molecule has 0 amide bonds. The standard InChI is InChI=1S/C29H37F3N2O/c1-4-23-17-25(11-12-26(23)18-34-14-5-15-34)21(3)33-35-19-22-8-13-27(28(16-22)29(30,31)32)24-9-6-20(2)7-10-24/h8,11-13,16-17,20,24H,4-7,9-10,14-15,18-19H2,1-3H3/b33-21+/i3D3,5D,6D2,7D2,9D2,10D2,14D2,15D2,19D2,20D,24D. The Kier molecular flexibility index (Phi) is 3.37. The molecule has 2 aliphatic rings.